The number of urea groups is 1. The van der Waals surface area contributed by atoms with Gasteiger partial charge in [0.05, 0.1) is 18.7 Å². The molecular formula is C17H18N2O3S2. The van der Waals surface area contributed by atoms with Crippen molar-refractivity contribution >= 4 is 34.7 Å². The molecule has 7 heteroatoms. The van der Waals surface area contributed by atoms with E-state index in [0.717, 1.165) is 12.0 Å². The molecule has 0 radical (unpaired) electrons. The number of nitrogens with zero attached hydrogens (tertiary/aromatic N) is 1. The van der Waals surface area contributed by atoms with Gasteiger partial charge in [0.2, 0.25) is 0 Å². The second kappa shape index (κ2) is 7.19. The number of thiophene rings is 2. The molecule has 0 unspecified atom stereocenters. The molecule has 3 rings (SSSR count). The van der Waals surface area contributed by atoms with Crippen LogP contribution in [0, 0.1) is 0 Å². The van der Waals surface area contributed by atoms with E-state index in [2.05, 4.69) is 5.32 Å². The summed E-state index contributed by atoms with van der Waals surface area (Å²) in [7, 11) is 1.36. The predicted octanol–water partition coefficient (Wildman–Crippen LogP) is 3.57. The quantitative estimate of drug-likeness (QED) is 0.828. The number of carbonyl (C=O) groups excluding carboxylic acids is 2. The van der Waals surface area contributed by atoms with Crippen molar-refractivity contribution in [3.63, 3.8) is 0 Å². The minimum absolute atomic E-state index is 0.187. The first-order chi connectivity index (χ1) is 11.6. The van der Waals surface area contributed by atoms with Crippen LogP contribution in [0.25, 0.3) is 0 Å². The number of hydrogen-bond donors (Lipinski definition) is 1. The largest absolute Gasteiger partial charge is 0.466 e. The Morgan fingerprint density at radius 2 is 2.21 bits per heavy atom. The Hall–Kier alpha value is -2.12. The number of carbonyl (C=O) groups is 2. The van der Waals surface area contributed by atoms with Crippen molar-refractivity contribution in [1.82, 2.24) is 10.2 Å². The van der Waals surface area contributed by atoms with Crippen LogP contribution in [0.3, 0.4) is 0 Å². The van der Waals surface area contributed by atoms with Crippen LogP contribution in [0.1, 0.15) is 23.4 Å². The topological polar surface area (TPSA) is 58.6 Å². The maximum atomic E-state index is 12.6. The molecule has 1 aliphatic heterocycles. The van der Waals surface area contributed by atoms with E-state index in [4.69, 9.17) is 4.74 Å². The van der Waals surface area contributed by atoms with E-state index in [1.165, 1.54) is 23.3 Å². The van der Waals surface area contributed by atoms with Gasteiger partial charge in [-0.3, -0.25) is 4.90 Å². The van der Waals surface area contributed by atoms with E-state index in [-0.39, 0.29) is 6.03 Å². The lowest BCUT2D eigenvalue weighted by Crippen LogP contribution is -2.48. The predicted molar refractivity (Wildman–Crippen MR) is 95.0 cm³/mol. The Morgan fingerprint density at radius 3 is 2.83 bits per heavy atom. The minimum Gasteiger partial charge on any atom is -0.466 e. The first-order valence-electron chi connectivity index (χ1n) is 7.53. The number of hydrogen-bond acceptors (Lipinski definition) is 5. The van der Waals surface area contributed by atoms with Gasteiger partial charge in [-0.15, -0.1) is 11.3 Å². The smallest absolute Gasteiger partial charge is 0.337 e. The fourth-order valence-corrected chi connectivity index (χ4v) is 4.18. The van der Waals surface area contributed by atoms with Crippen molar-refractivity contribution in [3.8, 4) is 0 Å². The zero-order valence-corrected chi connectivity index (χ0v) is 15.1. The van der Waals surface area contributed by atoms with Crippen molar-refractivity contribution in [1.29, 1.82) is 0 Å². The highest BCUT2D eigenvalue weighted by Gasteiger charge is 2.36. The van der Waals surface area contributed by atoms with Gasteiger partial charge in [-0.2, -0.15) is 11.3 Å². The van der Waals surface area contributed by atoms with Crippen LogP contribution in [0.5, 0.6) is 0 Å². The molecule has 3 heterocycles. The van der Waals surface area contributed by atoms with Crippen LogP contribution in [0.4, 0.5) is 4.79 Å². The molecule has 2 aromatic rings. The molecule has 1 atom stereocenters. The monoisotopic (exact) mass is 362 g/mol. The third-order valence-corrected chi connectivity index (χ3v) is 5.68. The van der Waals surface area contributed by atoms with Crippen molar-refractivity contribution in [2.75, 3.05) is 13.7 Å². The maximum Gasteiger partial charge on any atom is 0.337 e. The van der Waals surface area contributed by atoms with E-state index in [1.807, 2.05) is 34.3 Å². The highest BCUT2D eigenvalue weighted by molar-refractivity contribution is 7.09. The van der Waals surface area contributed by atoms with Gasteiger partial charge in [0.25, 0.3) is 0 Å². The third-order valence-electron chi connectivity index (χ3n) is 4.04. The molecular weight excluding hydrogens is 344 g/mol. The lowest BCUT2D eigenvalue weighted by molar-refractivity contribution is -0.136. The summed E-state index contributed by atoms with van der Waals surface area (Å²) in [6, 6.07) is 5.29. The number of methoxy groups -OCH3 is 1. The summed E-state index contributed by atoms with van der Waals surface area (Å²) >= 11 is 3.19. The first-order valence-corrected chi connectivity index (χ1v) is 9.35. The molecule has 2 amide bonds. The van der Waals surface area contributed by atoms with Gasteiger partial charge in [0.1, 0.15) is 0 Å². The molecule has 2 aromatic heterocycles. The van der Waals surface area contributed by atoms with Crippen LogP contribution < -0.4 is 5.32 Å². The van der Waals surface area contributed by atoms with Gasteiger partial charge in [0.15, 0.2) is 0 Å². The Morgan fingerprint density at radius 1 is 1.38 bits per heavy atom. The normalized spacial score (nSPS) is 17.8. The summed E-state index contributed by atoms with van der Waals surface area (Å²) in [6.45, 7) is 2.33. The van der Waals surface area contributed by atoms with Crippen molar-refractivity contribution < 1.29 is 14.3 Å². The lowest BCUT2D eigenvalue weighted by atomic mass is 9.97. The molecule has 0 spiro atoms. The average molecular weight is 362 g/mol. The number of amides is 2. The van der Waals surface area contributed by atoms with E-state index in [1.54, 1.807) is 23.2 Å². The van der Waals surface area contributed by atoms with Crippen LogP contribution >= 0.6 is 22.7 Å². The summed E-state index contributed by atoms with van der Waals surface area (Å²) in [6.07, 6.45) is 0.750. The van der Waals surface area contributed by atoms with E-state index >= 15 is 0 Å². The molecule has 126 valence electrons. The zero-order chi connectivity index (χ0) is 17.1. The van der Waals surface area contributed by atoms with Gasteiger partial charge < -0.3 is 10.1 Å². The molecule has 0 fully saturated rings. The Balaban J connectivity index is 1.91. The molecule has 5 nitrogen and oxygen atoms in total. The molecule has 0 aromatic carbocycles. The number of nitrogens with one attached hydrogen (secondary N) is 1. The maximum absolute atomic E-state index is 12.6. The standard InChI is InChI=1S/C17H18N2O3S2/c1-11-14(16(20)22-2)15(12-6-9-23-10-12)18-17(21)19(11)7-5-13-4-3-8-24-13/h3-4,6,8-10,15H,5,7H2,1-2H3,(H,18,21)/t15-/m1/s1. The zero-order valence-electron chi connectivity index (χ0n) is 13.4. The Bertz CT molecular complexity index is 751. The fourth-order valence-electron chi connectivity index (χ4n) is 2.79. The number of esters is 1. The average Bonchev–Trinajstić information content (AvgIpc) is 3.27. The third kappa shape index (κ3) is 3.22. The fraction of sp³-hybridized carbons (Fsp3) is 0.294. The van der Waals surface area contributed by atoms with Gasteiger partial charge in [0, 0.05) is 17.1 Å². The highest BCUT2D eigenvalue weighted by Crippen LogP contribution is 2.32. The van der Waals surface area contributed by atoms with E-state index in [9.17, 15) is 9.59 Å². The van der Waals surface area contributed by atoms with Crippen molar-refractivity contribution in [2.45, 2.75) is 19.4 Å². The van der Waals surface area contributed by atoms with E-state index < -0.39 is 12.0 Å². The number of ether oxygens (including phenoxy) is 1. The van der Waals surface area contributed by atoms with Crippen LogP contribution in [0.2, 0.25) is 0 Å². The summed E-state index contributed by atoms with van der Waals surface area (Å²) < 4.78 is 4.95. The molecule has 0 saturated carbocycles. The Labute approximate surface area is 148 Å². The summed E-state index contributed by atoms with van der Waals surface area (Å²) in [5.74, 6) is -0.412. The van der Waals surface area contributed by atoms with Gasteiger partial charge >= 0.3 is 12.0 Å². The molecule has 0 saturated heterocycles. The molecule has 0 bridgehead atoms. The second-order valence-electron chi connectivity index (χ2n) is 5.41. The first kappa shape index (κ1) is 16.7. The second-order valence-corrected chi connectivity index (χ2v) is 7.22. The number of allylic oxidation sites excluding steroid dienone is 1. The van der Waals surface area contributed by atoms with Crippen LogP contribution in [0.15, 0.2) is 45.6 Å². The number of rotatable bonds is 5. The SMILES string of the molecule is COC(=O)C1=C(C)N(CCc2cccs2)C(=O)N[C@@H]1c1ccsc1. The van der Waals surface area contributed by atoms with Crippen LogP contribution in [-0.4, -0.2) is 30.6 Å². The van der Waals surface area contributed by atoms with E-state index in [0.29, 0.717) is 17.8 Å². The minimum atomic E-state index is -0.464. The lowest BCUT2D eigenvalue weighted by Gasteiger charge is -2.34. The van der Waals surface area contributed by atoms with Gasteiger partial charge in [-0.1, -0.05) is 6.07 Å². The Kier molecular flexibility index (Phi) is 5.01. The molecule has 1 N–H and O–H groups in total. The summed E-state index contributed by atoms with van der Waals surface area (Å²) in [4.78, 5) is 27.7. The highest BCUT2D eigenvalue weighted by atomic mass is 32.1. The molecule has 1 aliphatic rings. The van der Waals surface area contributed by atoms with Crippen molar-refractivity contribution in [3.05, 3.63) is 56.1 Å². The van der Waals surface area contributed by atoms with Gasteiger partial charge in [-0.25, -0.2) is 9.59 Å². The molecule has 24 heavy (non-hydrogen) atoms. The van der Waals surface area contributed by atoms with Gasteiger partial charge in [-0.05, 0) is 47.2 Å². The van der Waals surface area contributed by atoms with Crippen molar-refractivity contribution in [2.24, 2.45) is 0 Å². The molecule has 0 aliphatic carbocycles. The summed E-state index contributed by atoms with van der Waals surface area (Å²) in [5, 5.41) is 8.81. The van der Waals surface area contributed by atoms with Crippen LogP contribution in [-0.2, 0) is 16.0 Å². The summed E-state index contributed by atoms with van der Waals surface area (Å²) in [5.41, 5.74) is 2.03.